The van der Waals surface area contributed by atoms with Crippen molar-refractivity contribution in [2.45, 2.75) is 12.8 Å². The van der Waals surface area contributed by atoms with Crippen LogP contribution in [0, 0.1) is 5.92 Å². The number of pyridine rings is 1. The lowest BCUT2D eigenvalue weighted by atomic mass is 9.99. The highest BCUT2D eigenvalue weighted by Crippen LogP contribution is 2.25. The van der Waals surface area contributed by atoms with Gasteiger partial charge in [0.2, 0.25) is 23.6 Å². The summed E-state index contributed by atoms with van der Waals surface area (Å²) in [6.07, 6.45) is 3.92. The second-order valence-electron chi connectivity index (χ2n) is 5.69. The second-order valence-corrected chi connectivity index (χ2v) is 5.69. The summed E-state index contributed by atoms with van der Waals surface area (Å²) in [6.45, 7) is 2.38. The number of aromatic nitrogens is 3. The number of hydrogen-bond donors (Lipinski definition) is 0. The number of methoxy groups -OCH3 is 2. The molecular formula is C17H22N4O3. The highest BCUT2D eigenvalue weighted by molar-refractivity contribution is 5.37. The third kappa shape index (κ3) is 4.04. The fraction of sp³-hybridized carbons (Fsp3) is 0.471. The summed E-state index contributed by atoms with van der Waals surface area (Å²) < 4.78 is 16.3. The quantitative estimate of drug-likeness (QED) is 0.804. The van der Waals surface area contributed by atoms with Crippen molar-refractivity contribution < 1.29 is 14.2 Å². The molecule has 1 aliphatic heterocycles. The minimum Gasteiger partial charge on any atom is -0.481 e. The van der Waals surface area contributed by atoms with Crippen LogP contribution in [0.25, 0.3) is 0 Å². The summed E-state index contributed by atoms with van der Waals surface area (Å²) in [5, 5.41) is 0. The van der Waals surface area contributed by atoms with Crippen molar-refractivity contribution in [1.29, 1.82) is 0 Å². The second kappa shape index (κ2) is 7.81. The first-order valence-corrected chi connectivity index (χ1v) is 8.04. The van der Waals surface area contributed by atoms with Crippen molar-refractivity contribution >= 4 is 5.95 Å². The molecule has 0 amide bonds. The van der Waals surface area contributed by atoms with E-state index in [1.165, 1.54) is 0 Å². The van der Waals surface area contributed by atoms with E-state index in [2.05, 4.69) is 19.9 Å². The number of hydrogen-bond acceptors (Lipinski definition) is 7. The van der Waals surface area contributed by atoms with Crippen LogP contribution in [0.2, 0.25) is 0 Å². The van der Waals surface area contributed by atoms with E-state index in [-0.39, 0.29) is 0 Å². The summed E-state index contributed by atoms with van der Waals surface area (Å²) >= 11 is 0. The molecule has 1 aliphatic rings. The van der Waals surface area contributed by atoms with Crippen LogP contribution in [0.1, 0.15) is 12.8 Å². The van der Waals surface area contributed by atoms with Gasteiger partial charge in [0.15, 0.2) is 0 Å². The van der Waals surface area contributed by atoms with Crippen LogP contribution in [0.3, 0.4) is 0 Å². The molecule has 1 atom stereocenters. The maximum absolute atomic E-state index is 5.79. The Kier molecular flexibility index (Phi) is 5.30. The zero-order chi connectivity index (χ0) is 16.8. The van der Waals surface area contributed by atoms with Crippen molar-refractivity contribution in [1.82, 2.24) is 15.0 Å². The predicted molar refractivity (Wildman–Crippen MR) is 89.8 cm³/mol. The van der Waals surface area contributed by atoms with Gasteiger partial charge in [-0.2, -0.15) is 9.97 Å². The van der Waals surface area contributed by atoms with Crippen molar-refractivity contribution in [2.24, 2.45) is 5.92 Å². The largest absolute Gasteiger partial charge is 0.481 e. The molecule has 0 aromatic carbocycles. The van der Waals surface area contributed by atoms with Gasteiger partial charge >= 0.3 is 0 Å². The number of nitrogens with zero attached hydrogens (tertiary/aromatic N) is 4. The zero-order valence-corrected chi connectivity index (χ0v) is 14.0. The van der Waals surface area contributed by atoms with Crippen LogP contribution in [0.15, 0.2) is 30.5 Å². The highest BCUT2D eigenvalue weighted by Gasteiger charge is 2.23. The number of ether oxygens (including phenoxy) is 3. The average Bonchev–Trinajstić information content (AvgIpc) is 2.67. The lowest BCUT2D eigenvalue weighted by molar-refractivity contribution is 0.221. The molecule has 24 heavy (non-hydrogen) atoms. The van der Waals surface area contributed by atoms with Gasteiger partial charge < -0.3 is 19.1 Å². The fourth-order valence-electron chi connectivity index (χ4n) is 2.76. The monoisotopic (exact) mass is 330 g/mol. The van der Waals surface area contributed by atoms with Crippen LogP contribution in [0.4, 0.5) is 5.95 Å². The first-order chi connectivity index (χ1) is 11.8. The van der Waals surface area contributed by atoms with Gasteiger partial charge in [0.05, 0.1) is 26.9 Å². The standard InChI is InChI=1S/C17H22N4O3/c1-22-15-10-16(23-2)20-17(19-15)21-9-5-6-13(11-21)12-24-14-7-3-4-8-18-14/h3-4,7-8,10,13H,5-6,9,11-12H2,1-2H3. The predicted octanol–water partition coefficient (Wildman–Crippen LogP) is 2.18. The van der Waals surface area contributed by atoms with Crippen LogP contribution in [-0.4, -0.2) is 48.9 Å². The lowest BCUT2D eigenvalue weighted by Gasteiger charge is -2.32. The molecule has 0 radical (unpaired) electrons. The Morgan fingerprint density at radius 1 is 1.12 bits per heavy atom. The molecule has 3 heterocycles. The van der Waals surface area contributed by atoms with Gasteiger partial charge in [-0.05, 0) is 18.9 Å². The van der Waals surface area contributed by atoms with Crippen molar-refractivity contribution in [3.8, 4) is 17.6 Å². The molecule has 1 fully saturated rings. The van der Waals surface area contributed by atoms with E-state index in [1.54, 1.807) is 26.5 Å². The van der Waals surface area contributed by atoms with E-state index in [9.17, 15) is 0 Å². The summed E-state index contributed by atoms with van der Waals surface area (Å²) in [4.78, 5) is 15.2. The highest BCUT2D eigenvalue weighted by atomic mass is 16.5. The minimum absolute atomic E-state index is 0.404. The topological polar surface area (TPSA) is 69.6 Å². The molecule has 0 saturated carbocycles. The Labute approximate surface area is 141 Å². The maximum Gasteiger partial charge on any atom is 0.231 e. The van der Waals surface area contributed by atoms with Crippen LogP contribution >= 0.6 is 0 Å². The molecule has 7 heteroatoms. The summed E-state index contributed by atoms with van der Waals surface area (Å²) in [6, 6.07) is 7.35. The van der Waals surface area contributed by atoms with Crippen molar-refractivity contribution in [2.75, 3.05) is 38.8 Å². The lowest BCUT2D eigenvalue weighted by Crippen LogP contribution is -2.38. The molecule has 3 rings (SSSR count). The molecule has 1 saturated heterocycles. The smallest absolute Gasteiger partial charge is 0.231 e. The summed E-state index contributed by atoms with van der Waals surface area (Å²) in [5.41, 5.74) is 0. The Morgan fingerprint density at radius 3 is 2.58 bits per heavy atom. The first-order valence-electron chi connectivity index (χ1n) is 8.04. The van der Waals surface area contributed by atoms with E-state index in [0.29, 0.717) is 36.1 Å². The minimum atomic E-state index is 0.404. The Balaban J connectivity index is 1.65. The number of rotatable bonds is 6. The summed E-state index contributed by atoms with van der Waals surface area (Å²) in [5.74, 6) is 2.71. The van der Waals surface area contributed by atoms with Crippen molar-refractivity contribution in [3.05, 3.63) is 30.5 Å². The molecule has 0 aliphatic carbocycles. The molecule has 0 bridgehead atoms. The Bertz CT molecular complexity index is 631. The van der Waals surface area contributed by atoms with Gasteiger partial charge in [-0.25, -0.2) is 4.98 Å². The molecule has 0 spiro atoms. The van der Waals surface area contributed by atoms with Gasteiger partial charge in [-0.15, -0.1) is 0 Å². The van der Waals surface area contributed by atoms with Gasteiger partial charge in [-0.3, -0.25) is 0 Å². The van der Waals surface area contributed by atoms with Gasteiger partial charge in [0.25, 0.3) is 0 Å². The molecule has 128 valence electrons. The average molecular weight is 330 g/mol. The van der Waals surface area contributed by atoms with E-state index in [4.69, 9.17) is 14.2 Å². The van der Waals surface area contributed by atoms with E-state index in [1.807, 2.05) is 18.2 Å². The first kappa shape index (κ1) is 16.3. The molecule has 2 aromatic heterocycles. The maximum atomic E-state index is 5.79. The summed E-state index contributed by atoms with van der Waals surface area (Å²) in [7, 11) is 3.18. The Hall–Kier alpha value is -2.57. The van der Waals surface area contributed by atoms with Crippen LogP contribution in [0.5, 0.6) is 17.6 Å². The van der Waals surface area contributed by atoms with Gasteiger partial charge in [0, 0.05) is 31.3 Å². The third-order valence-corrected chi connectivity index (χ3v) is 3.99. The van der Waals surface area contributed by atoms with Crippen LogP contribution < -0.4 is 19.1 Å². The van der Waals surface area contributed by atoms with Gasteiger partial charge in [0.1, 0.15) is 0 Å². The number of anilines is 1. The fourth-order valence-corrected chi connectivity index (χ4v) is 2.76. The van der Waals surface area contributed by atoms with E-state index < -0.39 is 0 Å². The normalized spacial score (nSPS) is 17.4. The van der Waals surface area contributed by atoms with E-state index in [0.717, 1.165) is 25.9 Å². The Morgan fingerprint density at radius 2 is 1.92 bits per heavy atom. The molecule has 2 aromatic rings. The van der Waals surface area contributed by atoms with Crippen LogP contribution in [-0.2, 0) is 0 Å². The SMILES string of the molecule is COc1cc(OC)nc(N2CCCC(COc3ccccn3)C2)n1. The van der Waals surface area contributed by atoms with E-state index >= 15 is 0 Å². The number of piperidine rings is 1. The molecular weight excluding hydrogens is 308 g/mol. The zero-order valence-electron chi connectivity index (χ0n) is 14.0. The van der Waals surface area contributed by atoms with Gasteiger partial charge in [-0.1, -0.05) is 6.07 Å². The van der Waals surface area contributed by atoms with Crippen molar-refractivity contribution in [3.63, 3.8) is 0 Å². The molecule has 1 unspecified atom stereocenters. The molecule has 0 N–H and O–H groups in total. The third-order valence-electron chi connectivity index (χ3n) is 3.99. The molecule has 7 nitrogen and oxygen atoms in total.